The zero-order valence-corrected chi connectivity index (χ0v) is 12.6. The van der Waals surface area contributed by atoms with E-state index >= 15 is 0 Å². The van der Waals surface area contributed by atoms with Gasteiger partial charge in [-0.2, -0.15) is 0 Å². The second-order valence-electron chi connectivity index (χ2n) is 3.51. The molecule has 1 aromatic rings. The Morgan fingerprint density at radius 1 is 1.28 bits per heavy atom. The van der Waals surface area contributed by atoms with Crippen LogP contribution in [0.1, 0.15) is 6.42 Å². The summed E-state index contributed by atoms with van der Waals surface area (Å²) in [6, 6.07) is 7.70. The molecule has 102 valence electrons. The van der Waals surface area contributed by atoms with Crippen molar-refractivity contribution in [3.05, 3.63) is 29.3 Å². The van der Waals surface area contributed by atoms with Crippen LogP contribution in [0, 0.1) is 0 Å². The molecule has 0 bridgehead atoms. The zero-order valence-electron chi connectivity index (χ0n) is 10.2. The van der Waals surface area contributed by atoms with Crippen molar-refractivity contribution in [2.24, 2.45) is 0 Å². The van der Waals surface area contributed by atoms with E-state index in [1.54, 1.807) is 11.8 Å². The molecular weight excluding hydrogens is 291 g/mol. The van der Waals surface area contributed by atoms with Crippen LogP contribution in [0.15, 0.2) is 29.2 Å². The predicted molar refractivity (Wildman–Crippen MR) is 81.0 cm³/mol. The molecule has 0 saturated carbocycles. The first-order chi connectivity index (χ1) is 8.22. The lowest BCUT2D eigenvalue weighted by Gasteiger charge is -2.05. The Labute approximate surface area is 123 Å². The third-order valence-corrected chi connectivity index (χ3v) is 3.37. The molecule has 6 heteroatoms. The minimum Gasteiger partial charge on any atom is -0.355 e. The van der Waals surface area contributed by atoms with Gasteiger partial charge < -0.3 is 10.6 Å². The Balaban J connectivity index is 0.00000289. The number of nitrogens with one attached hydrogen (secondary N) is 2. The van der Waals surface area contributed by atoms with E-state index in [4.69, 9.17) is 11.6 Å². The van der Waals surface area contributed by atoms with E-state index < -0.39 is 0 Å². The van der Waals surface area contributed by atoms with Crippen molar-refractivity contribution in [2.45, 2.75) is 11.3 Å². The molecule has 0 unspecified atom stereocenters. The van der Waals surface area contributed by atoms with Crippen LogP contribution in [0.5, 0.6) is 0 Å². The van der Waals surface area contributed by atoms with E-state index in [-0.39, 0.29) is 18.3 Å². The lowest BCUT2D eigenvalue weighted by atomic mass is 10.4. The van der Waals surface area contributed by atoms with E-state index in [1.165, 1.54) is 4.90 Å². The molecule has 2 N–H and O–H groups in total. The monoisotopic (exact) mass is 308 g/mol. The van der Waals surface area contributed by atoms with Crippen LogP contribution >= 0.6 is 35.8 Å². The van der Waals surface area contributed by atoms with E-state index in [0.29, 0.717) is 13.0 Å². The predicted octanol–water partition coefficient (Wildman–Crippen LogP) is 2.58. The molecule has 18 heavy (non-hydrogen) atoms. The molecule has 1 aromatic carbocycles. The molecule has 1 amide bonds. The second-order valence-corrected chi connectivity index (χ2v) is 5.11. The molecule has 3 nitrogen and oxygen atoms in total. The van der Waals surface area contributed by atoms with Gasteiger partial charge in [0.25, 0.3) is 0 Å². The van der Waals surface area contributed by atoms with E-state index in [1.807, 2.05) is 31.3 Å². The van der Waals surface area contributed by atoms with Crippen LogP contribution in [0.4, 0.5) is 0 Å². The van der Waals surface area contributed by atoms with Crippen molar-refractivity contribution in [3.8, 4) is 0 Å². The number of amides is 1. The molecule has 0 aliphatic carbocycles. The Morgan fingerprint density at radius 3 is 2.56 bits per heavy atom. The zero-order chi connectivity index (χ0) is 12.5. The summed E-state index contributed by atoms with van der Waals surface area (Å²) < 4.78 is 0. The molecule has 1 rings (SSSR count). The quantitative estimate of drug-likeness (QED) is 0.601. The van der Waals surface area contributed by atoms with Gasteiger partial charge >= 0.3 is 0 Å². The molecule has 0 saturated heterocycles. The van der Waals surface area contributed by atoms with Crippen LogP contribution in [0.25, 0.3) is 0 Å². The maximum Gasteiger partial charge on any atom is 0.221 e. The minimum atomic E-state index is 0. The number of thioether (sulfide) groups is 1. The van der Waals surface area contributed by atoms with Gasteiger partial charge in [0, 0.05) is 35.2 Å². The van der Waals surface area contributed by atoms with Gasteiger partial charge in [0.1, 0.15) is 0 Å². The van der Waals surface area contributed by atoms with Crippen LogP contribution < -0.4 is 10.6 Å². The van der Waals surface area contributed by atoms with Gasteiger partial charge in [-0.05, 0) is 31.3 Å². The summed E-state index contributed by atoms with van der Waals surface area (Å²) in [7, 11) is 1.84. The first-order valence-corrected chi connectivity index (χ1v) is 6.88. The summed E-state index contributed by atoms with van der Waals surface area (Å²) >= 11 is 7.50. The van der Waals surface area contributed by atoms with Crippen LogP contribution in [0.3, 0.4) is 0 Å². The van der Waals surface area contributed by atoms with Crippen molar-refractivity contribution in [1.29, 1.82) is 0 Å². The summed E-state index contributed by atoms with van der Waals surface area (Å²) in [5, 5.41) is 6.56. The Kier molecular flexibility index (Phi) is 10.3. The summed E-state index contributed by atoms with van der Waals surface area (Å²) in [6.07, 6.45) is 0.530. The van der Waals surface area contributed by atoms with Gasteiger partial charge in [0.05, 0.1) is 0 Å². The topological polar surface area (TPSA) is 41.1 Å². The molecule has 0 aromatic heterocycles. The summed E-state index contributed by atoms with van der Waals surface area (Å²) in [5.74, 6) is 0.962. The van der Waals surface area contributed by atoms with Crippen molar-refractivity contribution >= 4 is 41.7 Å². The van der Waals surface area contributed by atoms with E-state index in [9.17, 15) is 4.79 Å². The highest BCUT2D eigenvalue weighted by atomic mass is 35.5. The molecule has 0 heterocycles. The standard InChI is InChI=1S/C12H17ClN2OS.ClH/c1-14-7-6-12(16)15-8-9-17-11-4-2-10(13)3-5-11;/h2-5,14H,6-9H2,1H3,(H,15,16);1H. The van der Waals surface area contributed by atoms with Gasteiger partial charge in [0.15, 0.2) is 0 Å². The molecule has 0 atom stereocenters. The Morgan fingerprint density at radius 2 is 1.94 bits per heavy atom. The van der Waals surface area contributed by atoms with Crippen molar-refractivity contribution in [3.63, 3.8) is 0 Å². The maximum absolute atomic E-state index is 11.3. The van der Waals surface area contributed by atoms with Crippen LogP contribution in [0.2, 0.25) is 5.02 Å². The Hall–Kier alpha value is -0.420. The van der Waals surface area contributed by atoms with Crippen molar-refractivity contribution < 1.29 is 4.79 Å². The van der Waals surface area contributed by atoms with Crippen LogP contribution in [-0.4, -0.2) is 31.8 Å². The number of carbonyl (C=O) groups excluding carboxylic acids is 1. The first kappa shape index (κ1) is 17.6. The lowest BCUT2D eigenvalue weighted by Crippen LogP contribution is -2.28. The van der Waals surface area contributed by atoms with Gasteiger partial charge in [-0.1, -0.05) is 11.6 Å². The van der Waals surface area contributed by atoms with Gasteiger partial charge in [-0.15, -0.1) is 24.2 Å². The molecule has 0 aliphatic rings. The van der Waals surface area contributed by atoms with Crippen molar-refractivity contribution in [2.75, 3.05) is 25.9 Å². The number of hydrogen-bond acceptors (Lipinski definition) is 3. The average Bonchev–Trinajstić information content (AvgIpc) is 2.34. The third kappa shape index (κ3) is 7.82. The average molecular weight is 309 g/mol. The molecule has 0 aliphatic heterocycles. The fourth-order valence-corrected chi connectivity index (χ4v) is 2.11. The first-order valence-electron chi connectivity index (χ1n) is 5.52. The second kappa shape index (κ2) is 10.5. The largest absolute Gasteiger partial charge is 0.355 e. The summed E-state index contributed by atoms with van der Waals surface area (Å²) in [4.78, 5) is 12.4. The molecule has 0 spiro atoms. The molecular formula is C12H18Cl2N2OS. The third-order valence-electron chi connectivity index (χ3n) is 2.11. The highest BCUT2D eigenvalue weighted by Crippen LogP contribution is 2.19. The van der Waals surface area contributed by atoms with Gasteiger partial charge in [0.2, 0.25) is 5.91 Å². The molecule has 0 fully saturated rings. The Bertz CT molecular complexity index is 346. The maximum atomic E-state index is 11.3. The van der Waals surface area contributed by atoms with Gasteiger partial charge in [-0.25, -0.2) is 0 Å². The number of carbonyl (C=O) groups is 1. The van der Waals surface area contributed by atoms with E-state index in [0.717, 1.165) is 17.3 Å². The summed E-state index contributed by atoms with van der Waals surface area (Å²) in [5.41, 5.74) is 0. The highest BCUT2D eigenvalue weighted by Gasteiger charge is 1.99. The van der Waals surface area contributed by atoms with Gasteiger partial charge in [-0.3, -0.25) is 4.79 Å². The SMILES string of the molecule is CNCCC(=O)NCCSc1ccc(Cl)cc1.Cl. The number of rotatable bonds is 7. The van der Waals surface area contributed by atoms with E-state index in [2.05, 4.69) is 10.6 Å². The van der Waals surface area contributed by atoms with Crippen molar-refractivity contribution in [1.82, 2.24) is 10.6 Å². The minimum absolute atomic E-state index is 0. The smallest absolute Gasteiger partial charge is 0.221 e. The number of benzene rings is 1. The molecule has 0 radical (unpaired) electrons. The fraction of sp³-hybridized carbons (Fsp3) is 0.417. The number of halogens is 2. The number of hydrogen-bond donors (Lipinski definition) is 2. The lowest BCUT2D eigenvalue weighted by molar-refractivity contribution is -0.120. The summed E-state index contributed by atoms with van der Waals surface area (Å²) in [6.45, 7) is 1.41. The normalized spacial score (nSPS) is 9.67. The van der Waals surface area contributed by atoms with Crippen LogP contribution in [-0.2, 0) is 4.79 Å². The highest BCUT2D eigenvalue weighted by molar-refractivity contribution is 7.99. The fourth-order valence-electron chi connectivity index (χ4n) is 1.22.